The van der Waals surface area contributed by atoms with Crippen molar-refractivity contribution in [3.63, 3.8) is 0 Å². The van der Waals surface area contributed by atoms with E-state index in [2.05, 4.69) is 56.1 Å². The Morgan fingerprint density at radius 2 is 1.84 bits per heavy atom. The van der Waals surface area contributed by atoms with Crippen LogP contribution in [0.2, 0.25) is 0 Å². The van der Waals surface area contributed by atoms with Crippen molar-refractivity contribution in [1.82, 2.24) is 4.98 Å². The number of aromatic amines is 1. The number of aromatic nitrogens is 1. The molecule has 4 rings (SSSR count). The maximum atomic E-state index is 12.9. The number of anilines is 1. The molecule has 2 aromatic carbocycles. The average molecular weight is 395 g/mol. The van der Waals surface area contributed by atoms with Gasteiger partial charge in [-0.15, -0.1) is 0 Å². The van der Waals surface area contributed by atoms with E-state index in [0.29, 0.717) is 0 Å². The minimum absolute atomic E-state index is 0.116. The Balaban J connectivity index is 1.70. The van der Waals surface area contributed by atoms with Gasteiger partial charge >= 0.3 is 0 Å². The number of nitrogens with one attached hydrogen (secondary N) is 1. The van der Waals surface area contributed by atoms with Gasteiger partial charge in [0.15, 0.2) is 0 Å². The molecule has 1 aliphatic carbocycles. The molecule has 126 valence electrons. The fraction of sp³-hybridized carbons (Fsp3) is 0.190. The van der Waals surface area contributed by atoms with Crippen molar-refractivity contribution >= 4 is 44.4 Å². The summed E-state index contributed by atoms with van der Waals surface area (Å²) in [5.41, 5.74) is 6.00. The fourth-order valence-electron chi connectivity index (χ4n) is 3.41. The third-order valence-corrected chi connectivity index (χ3v) is 5.27. The summed E-state index contributed by atoms with van der Waals surface area (Å²) in [7, 11) is 4.04. The molecule has 0 amide bonds. The number of ketones is 1. The third kappa shape index (κ3) is 2.91. The number of H-pyrrole nitrogens is 1. The van der Waals surface area contributed by atoms with E-state index in [0.717, 1.165) is 56.3 Å². The summed E-state index contributed by atoms with van der Waals surface area (Å²) in [6, 6.07) is 14.4. The predicted octanol–water partition coefficient (Wildman–Crippen LogP) is 5.21. The van der Waals surface area contributed by atoms with E-state index in [9.17, 15) is 4.79 Å². The average Bonchev–Trinajstić information content (AvgIpc) is 2.96. The minimum Gasteiger partial charge on any atom is -0.378 e. The molecular weight excluding hydrogens is 376 g/mol. The molecule has 1 heterocycles. The molecule has 1 aromatic heterocycles. The number of hydrogen-bond acceptors (Lipinski definition) is 2. The van der Waals surface area contributed by atoms with E-state index in [1.165, 1.54) is 0 Å². The first-order valence-electron chi connectivity index (χ1n) is 8.35. The number of fused-ring (bicyclic) bond motifs is 3. The van der Waals surface area contributed by atoms with E-state index in [4.69, 9.17) is 0 Å². The van der Waals surface area contributed by atoms with E-state index >= 15 is 0 Å². The van der Waals surface area contributed by atoms with Crippen LogP contribution in [0, 0.1) is 0 Å². The third-order valence-electron chi connectivity index (χ3n) is 4.78. The summed E-state index contributed by atoms with van der Waals surface area (Å²) in [4.78, 5) is 18.3. The van der Waals surface area contributed by atoms with Gasteiger partial charge in [0.05, 0.1) is 5.69 Å². The molecule has 0 saturated carbocycles. The Morgan fingerprint density at radius 3 is 2.56 bits per heavy atom. The van der Waals surface area contributed by atoms with Crippen LogP contribution in [-0.2, 0) is 6.42 Å². The van der Waals surface area contributed by atoms with Gasteiger partial charge in [0.1, 0.15) is 0 Å². The molecule has 0 radical (unpaired) electrons. The quantitative estimate of drug-likeness (QED) is 0.605. The highest BCUT2D eigenvalue weighted by atomic mass is 79.9. The number of carbonyl (C=O) groups excluding carboxylic acids is 1. The summed E-state index contributed by atoms with van der Waals surface area (Å²) in [5.74, 6) is 0.116. The lowest BCUT2D eigenvalue weighted by atomic mass is 9.89. The highest BCUT2D eigenvalue weighted by molar-refractivity contribution is 9.10. The first-order valence-corrected chi connectivity index (χ1v) is 9.15. The number of halogens is 1. The van der Waals surface area contributed by atoms with E-state index in [1.54, 1.807) is 0 Å². The summed E-state index contributed by atoms with van der Waals surface area (Å²) < 4.78 is 1.04. The molecule has 0 fully saturated rings. The smallest absolute Gasteiger partial charge is 0.205 e. The number of rotatable bonds is 2. The Morgan fingerprint density at radius 1 is 1.08 bits per heavy atom. The van der Waals surface area contributed by atoms with Crippen LogP contribution in [-0.4, -0.2) is 24.9 Å². The highest BCUT2D eigenvalue weighted by Gasteiger charge is 2.25. The lowest BCUT2D eigenvalue weighted by Gasteiger charge is -2.15. The van der Waals surface area contributed by atoms with Crippen molar-refractivity contribution in [2.45, 2.75) is 12.8 Å². The number of hydrogen-bond donors (Lipinski definition) is 1. The zero-order chi connectivity index (χ0) is 17.6. The zero-order valence-corrected chi connectivity index (χ0v) is 15.9. The highest BCUT2D eigenvalue weighted by Crippen LogP contribution is 2.33. The molecule has 3 aromatic rings. The van der Waals surface area contributed by atoms with Crippen LogP contribution in [0.1, 0.15) is 28.0 Å². The Labute approximate surface area is 155 Å². The van der Waals surface area contributed by atoms with Gasteiger partial charge in [-0.2, -0.15) is 0 Å². The first kappa shape index (κ1) is 16.2. The van der Waals surface area contributed by atoms with Crippen LogP contribution >= 0.6 is 15.9 Å². The van der Waals surface area contributed by atoms with E-state index in [1.807, 2.05) is 32.3 Å². The lowest BCUT2D eigenvalue weighted by Crippen LogP contribution is -2.13. The van der Waals surface area contributed by atoms with Crippen molar-refractivity contribution in [2.75, 3.05) is 19.0 Å². The summed E-state index contributed by atoms with van der Waals surface area (Å²) >= 11 is 3.52. The van der Waals surface area contributed by atoms with Crippen LogP contribution < -0.4 is 4.90 Å². The van der Waals surface area contributed by atoms with Crippen LogP contribution in [0.25, 0.3) is 17.0 Å². The second-order valence-corrected chi connectivity index (χ2v) is 7.57. The zero-order valence-electron chi connectivity index (χ0n) is 14.3. The number of nitrogens with zero attached hydrogens (tertiary/aromatic N) is 1. The molecule has 4 heteroatoms. The van der Waals surface area contributed by atoms with E-state index in [-0.39, 0.29) is 5.78 Å². The maximum absolute atomic E-state index is 12.9. The Hall–Kier alpha value is -2.33. The topological polar surface area (TPSA) is 36.1 Å². The van der Waals surface area contributed by atoms with Crippen molar-refractivity contribution in [2.24, 2.45) is 0 Å². The van der Waals surface area contributed by atoms with Gasteiger partial charge in [-0.25, -0.2) is 0 Å². The molecule has 0 aliphatic heterocycles. The molecule has 0 spiro atoms. The molecular formula is C21H19BrN2O. The van der Waals surface area contributed by atoms with Crippen molar-refractivity contribution in [3.8, 4) is 0 Å². The molecule has 25 heavy (non-hydrogen) atoms. The van der Waals surface area contributed by atoms with E-state index < -0.39 is 0 Å². The van der Waals surface area contributed by atoms with Crippen molar-refractivity contribution in [1.29, 1.82) is 0 Å². The second kappa shape index (κ2) is 6.19. The number of carbonyl (C=O) groups is 1. The molecule has 1 N–H and O–H groups in total. The largest absolute Gasteiger partial charge is 0.378 e. The van der Waals surface area contributed by atoms with Gasteiger partial charge in [0.25, 0.3) is 0 Å². The van der Waals surface area contributed by atoms with Gasteiger partial charge in [0, 0.05) is 40.7 Å². The second-order valence-electron chi connectivity index (χ2n) is 6.65. The predicted molar refractivity (Wildman–Crippen MR) is 107 cm³/mol. The summed E-state index contributed by atoms with van der Waals surface area (Å²) in [6.07, 6.45) is 3.69. The van der Waals surface area contributed by atoms with Gasteiger partial charge < -0.3 is 9.88 Å². The fourth-order valence-corrected chi connectivity index (χ4v) is 3.78. The summed E-state index contributed by atoms with van der Waals surface area (Å²) in [5, 5.41) is 1.15. The molecule has 0 unspecified atom stereocenters. The van der Waals surface area contributed by atoms with Crippen molar-refractivity contribution < 1.29 is 4.79 Å². The van der Waals surface area contributed by atoms with Crippen LogP contribution in [0.3, 0.4) is 0 Å². The Bertz CT molecular complexity index is 997. The number of Topliss-reactive ketones (excluding diaryl/α,β-unsaturated/α-hetero) is 1. The number of benzene rings is 2. The van der Waals surface area contributed by atoms with Crippen LogP contribution in [0.5, 0.6) is 0 Å². The summed E-state index contributed by atoms with van der Waals surface area (Å²) in [6.45, 7) is 0. The molecule has 0 saturated heterocycles. The first-order chi connectivity index (χ1) is 12.0. The van der Waals surface area contributed by atoms with Crippen molar-refractivity contribution in [3.05, 3.63) is 69.3 Å². The number of aryl methyl sites for hydroxylation is 1. The standard InChI is InChI=1S/C21H19BrN2O/c1-24(2)16-7-3-13(4-8-16)11-14-5-9-17-18-12-15(22)6-10-19(18)23-20(17)21(14)25/h3-4,6-8,10-12,23H,5,9H2,1-2H3/b14-11+. The monoisotopic (exact) mass is 394 g/mol. The van der Waals surface area contributed by atoms with Crippen LogP contribution in [0.15, 0.2) is 52.5 Å². The van der Waals surface area contributed by atoms with Gasteiger partial charge in [-0.05, 0) is 60.4 Å². The maximum Gasteiger partial charge on any atom is 0.205 e. The molecule has 0 atom stereocenters. The van der Waals surface area contributed by atoms with Gasteiger partial charge in [0.2, 0.25) is 5.78 Å². The lowest BCUT2D eigenvalue weighted by molar-refractivity contribution is 0.102. The molecule has 1 aliphatic rings. The van der Waals surface area contributed by atoms with Gasteiger partial charge in [-0.1, -0.05) is 28.1 Å². The minimum atomic E-state index is 0.116. The molecule has 3 nitrogen and oxygen atoms in total. The SMILES string of the molecule is CN(C)c1ccc(/C=C2\CCc3c([nH]c4ccc(Br)cc34)C2=O)cc1. The Kier molecular flexibility index (Phi) is 4.00. The molecule has 0 bridgehead atoms. The normalized spacial score (nSPS) is 15.6. The van der Waals surface area contributed by atoms with Crippen LogP contribution in [0.4, 0.5) is 5.69 Å². The number of allylic oxidation sites excluding steroid dienone is 1. The van der Waals surface area contributed by atoms with Gasteiger partial charge in [-0.3, -0.25) is 4.79 Å².